The summed E-state index contributed by atoms with van der Waals surface area (Å²) >= 11 is 11.8. The summed E-state index contributed by atoms with van der Waals surface area (Å²) in [4.78, 5) is 19.9. The molecule has 1 atom stereocenters. The lowest BCUT2D eigenvalue weighted by Gasteiger charge is -2.32. The van der Waals surface area contributed by atoms with Crippen molar-refractivity contribution < 1.29 is 4.79 Å². The first-order valence-corrected chi connectivity index (χ1v) is 6.47. The highest BCUT2D eigenvalue weighted by atomic mass is 35.5. The molecule has 1 unspecified atom stereocenters. The van der Waals surface area contributed by atoms with Crippen molar-refractivity contribution in [3.05, 3.63) is 16.6 Å². The number of rotatable bonds is 2. The lowest BCUT2D eigenvalue weighted by Crippen LogP contribution is -2.46. The van der Waals surface area contributed by atoms with Gasteiger partial charge in [-0.05, 0) is 26.3 Å². The molecule has 1 fully saturated rings. The van der Waals surface area contributed by atoms with E-state index in [9.17, 15) is 4.79 Å². The van der Waals surface area contributed by atoms with E-state index in [1.807, 2.05) is 6.92 Å². The number of aromatic nitrogens is 2. The summed E-state index contributed by atoms with van der Waals surface area (Å²) in [5.74, 6) is -0.117. The number of amides is 1. The number of carbonyl (C=O) groups excluding carboxylic acids is 1. The van der Waals surface area contributed by atoms with Crippen LogP contribution in [-0.2, 0) is 4.79 Å². The maximum atomic E-state index is 12.3. The largest absolute Gasteiger partial charge is 0.320 e. The van der Waals surface area contributed by atoms with E-state index in [0.717, 1.165) is 19.4 Å². The van der Waals surface area contributed by atoms with Crippen LogP contribution >= 0.6 is 23.2 Å². The predicted molar refractivity (Wildman–Crippen MR) is 70.9 cm³/mol. The maximum absolute atomic E-state index is 12.3. The number of halogens is 2. The molecule has 1 aromatic rings. The van der Waals surface area contributed by atoms with Gasteiger partial charge in [0, 0.05) is 6.54 Å². The number of nitrogens with zero attached hydrogens (tertiary/aromatic N) is 2. The lowest BCUT2D eigenvalue weighted by atomic mass is 9.82. The van der Waals surface area contributed by atoms with Crippen LogP contribution in [0.3, 0.4) is 0 Å². The molecule has 1 aliphatic rings. The van der Waals surface area contributed by atoms with Gasteiger partial charge in [-0.2, -0.15) is 0 Å². The van der Waals surface area contributed by atoms with Gasteiger partial charge in [-0.25, -0.2) is 9.97 Å². The number of piperidine rings is 1. The summed E-state index contributed by atoms with van der Waals surface area (Å²) in [6.07, 6.45) is 3.05. The third-order valence-electron chi connectivity index (χ3n) is 3.14. The number of nitrogens with one attached hydrogen (secondary N) is 2. The Balaban J connectivity index is 2.16. The molecular weight excluding hydrogens is 275 g/mol. The molecule has 2 N–H and O–H groups in total. The molecule has 1 saturated heterocycles. The first-order valence-electron chi connectivity index (χ1n) is 5.71. The summed E-state index contributed by atoms with van der Waals surface area (Å²) in [5.41, 5.74) is -0.182. The van der Waals surface area contributed by atoms with Gasteiger partial charge in [0.15, 0.2) is 10.3 Å². The van der Waals surface area contributed by atoms with E-state index in [4.69, 9.17) is 23.2 Å². The number of hydrogen-bond donors (Lipinski definition) is 2. The average Bonchev–Trinajstić information content (AvgIpc) is 2.34. The van der Waals surface area contributed by atoms with Crippen molar-refractivity contribution >= 4 is 34.8 Å². The zero-order chi connectivity index (χ0) is 13.2. The van der Waals surface area contributed by atoms with Gasteiger partial charge in [0.25, 0.3) is 0 Å². The highest BCUT2D eigenvalue weighted by Gasteiger charge is 2.35. The topological polar surface area (TPSA) is 66.9 Å². The Labute approximate surface area is 115 Å². The maximum Gasteiger partial charge on any atom is 0.231 e. The van der Waals surface area contributed by atoms with E-state index in [1.54, 1.807) is 0 Å². The van der Waals surface area contributed by atoms with Crippen LogP contribution in [0.2, 0.25) is 10.3 Å². The van der Waals surface area contributed by atoms with Crippen molar-refractivity contribution in [2.75, 3.05) is 18.4 Å². The Hall–Kier alpha value is -0.910. The Morgan fingerprint density at radius 2 is 2.11 bits per heavy atom. The van der Waals surface area contributed by atoms with Gasteiger partial charge >= 0.3 is 0 Å². The third-order valence-corrected chi connectivity index (χ3v) is 3.71. The third kappa shape index (κ3) is 2.74. The molecule has 5 nitrogen and oxygen atoms in total. The van der Waals surface area contributed by atoms with E-state index in [-0.39, 0.29) is 21.9 Å². The Kier molecular flexibility index (Phi) is 4.04. The molecule has 1 aromatic heterocycles. The fourth-order valence-corrected chi connectivity index (χ4v) is 2.37. The second kappa shape index (κ2) is 5.38. The standard InChI is InChI=1S/C11H14Cl2N4O/c1-11(3-2-4-14-5-11)10(18)17-7-8(12)15-6-16-9(7)13/h6,14H,2-5H2,1H3,(H,17,18). The molecule has 7 heteroatoms. The molecule has 18 heavy (non-hydrogen) atoms. The summed E-state index contributed by atoms with van der Waals surface area (Å²) < 4.78 is 0. The molecular formula is C11H14Cl2N4O. The number of carbonyl (C=O) groups is 1. The molecule has 1 aliphatic heterocycles. The van der Waals surface area contributed by atoms with Crippen molar-refractivity contribution in [1.29, 1.82) is 0 Å². The summed E-state index contributed by atoms with van der Waals surface area (Å²) in [6, 6.07) is 0. The van der Waals surface area contributed by atoms with Crippen LogP contribution < -0.4 is 10.6 Å². The average molecular weight is 289 g/mol. The van der Waals surface area contributed by atoms with Crippen molar-refractivity contribution in [3.63, 3.8) is 0 Å². The van der Waals surface area contributed by atoms with Gasteiger partial charge in [0.05, 0.1) is 5.41 Å². The second-order valence-electron chi connectivity index (χ2n) is 4.63. The van der Waals surface area contributed by atoms with Crippen LogP contribution in [0.25, 0.3) is 0 Å². The summed E-state index contributed by atoms with van der Waals surface area (Å²) in [5, 5.41) is 6.23. The molecule has 98 valence electrons. The summed E-state index contributed by atoms with van der Waals surface area (Å²) in [7, 11) is 0. The van der Waals surface area contributed by atoms with Crippen LogP contribution in [-0.4, -0.2) is 29.0 Å². The Bertz CT molecular complexity index is 440. The fraction of sp³-hybridized carbons (Fsp3) is 0.545. The van der Waals surface area contributed by atoms with Gasteiger partial charge in [0.1, 0.15) is 12.0 Å². The summed E-state index contributed by atoms with van der Waals surface area (Å²) in [6.45, 7) is 3.50. The van der Waals surface area contributed by atoms with Gasteiger partial charge in [-0.15, -0.1) is 0 Å². The van der Waals surface area contributed by atoms with Gasteiger partial charge < -0.3 is 10.6 Å². The molecule has 0 bridgehead atoms. The van der Waals surface area contributed by atoms with Crippen LogP contribution in [0.1, 0.15) is 19.8 Å². The van der Waals surface area contributed by atoms with Gasteiger partial charge in [0.2, 0.25) is 5.91 Å². The lowest BCUT2D eigenvalue weighted by molar-refractivity contribution is -0.125. The van der Waals surface area contributed by atoms with Crippen molar-refractivity contribution in [2.24, 2.45) is 5.41 Å². The predicted octanol–water partition coefficient (Wildman–Crippen LogP) is 2.11. The van der Waals surface area contributed by atoms with Crippen LogP contribution in [0, 0.1) is 5.41 Å². The molecule has 2 heterocycles. The normalized spacial score (nSPS) is 23.7. The van der Waals surface area contributed by atoms with Crippen LogP contribution in [0.5, 0.6) is 0 Å². The monoisotopic (exact) mass is 288 g/mol. The van der Waals surface area contributed by atoms with Crippen LogP contribution in [0.4, 0.5) is 5.69 Å². The number of anilines is 1. The molecule has 0 saturated carbocycles. The van der Waals surface area contributed by atoms with E-state index in [0.29, 0.717) is 6.54 Å². The van der Waals surface area contributed by atoms with Gasteiger partial charge in [-0.3, -0.25) is 4.79 Å². The van der Waals surface area contributed by atoms with E-state index in [2.05, 4.69) is 20.6 Å². The first kappa shape index (κ1) is 13.5. The molecule has 0 radical (unpaired) electrons. The van der Waals surface area contributed by atoms with E-state index < -0.39 is 5.41 Å². The van der Waals surface area contributed by atoms with Crippen molar-refractivity contribution in [2.45, 2.75) is 19.8 Å². The molecule has 0 aromatic carbocycles. The smallest absolute Gasteiger partial charge is 0.231 e. The highest BCUT2D eigenvalue weighted by Crippen LogP contribution is 2.31. The highest BCUT2D eigenvalue weighted by molar-refractivity contribution is 6.38. The fourth-order valence-electron chi connectivity index (χ4n) is 1.96. The SMILES string of the molecule is CC1(C(=O)Nc2c(Cl)ncnc2Cl)CCCNC1. The zero-order valence-electron chi connectivity index (χ0n) is 9.96. The van der Waals surface area contributed by atoms with E-state index >= 15 is 0 Å². The Morgan fingerprint density at radius 3 is 2.67 bits per heavy atom. The first-order chi connectivity index (χ1) is 8.53. The molecule has 0 aliphatic carbocycles. The molecule has 0 spiro atoms. The Morgan fingerprint density at radius 1 is 1.44 bits per heavy atom. The van der Waals surface area contributed by atoms with E-state index in [1.165, 1.54) is 6.33 Å². The quantitative estimate of drug-likeness (QED) is 0.818. The number of hydrogen-bond acceptors (Lipinski definition) is 4. The van der Waals surface area contributed by atoms with Crippen LogP contribution in [0.15, 0.2) is 6.33 Å². The minimum absolute atomic E-state index is 0.117. The molecule has 1 amide bonds. The zero-order valence-corrected chi connectivity index (χ0v) is 11.5. The molecule has 2 rings (SSSR count). The van der Waals surface area contributed by atoms with Crippen molar-refractivity contribution in [3.8, 4) is 0 Å². The van der Waals surface area contributed by atoms with Gasteiger partial charge in [-0.1, -0.05) is 23.2 Å². The second-order valence-corrected chi connectivity index (χ2v) is 5.34. The minimum Gasteiger partial charge on any atom is -0.320 e. The minimum atomic E-state index is -0.458. The van der Waals surface area contributed by atoms with Crippen molar-refractivity contribution in [1.82, 2.24) is 15.3 Å².